The Bertz CT molecular complexity index is 587. The van der Waals surface area contributed by atoms with Gasteiger partial charge in [0.1, 0.15) is 0 Å². The van der Waals surface area contributed by atoms with Crippen molar-refractivity contribution in [3.8, 4) is 11.5 Å². The van der Waals surface area contributed by atoms with Gasteiger partial charge in [-0.25, -0.2) is 5.43 Å². The zero-order valence-corrected chi connectivity index (χ0v) is 16.7. The van der Waals surface area contributed by atoms with E-state index in [4.69, 9.17) is 9.47 Å². The van der Waals surface area contributed by atoms with E-state index in [1.807, 2.05) is 18.2 Å². The Labute approximate surface area is 163 Å². The van der Waals surface area contributed by atoms with E-state index in [9.17, 15) is 4.79 Å². The molecule has 0 radical (unpaired) electrons. The van der Waals surface area contributed by atoms with Crippen molar-refractivity contribution in [1.82, 2.24) is 5.43 Å². The molecular formula is C22H34N2O3. The van der Waals surface area contributed by atoms with E-state index >= 15 is 0 Å². The molecule has 1 N–H and O–H groups in total. The van der Waals surface area contributed by atoms with Crippen LogP contribution < -0.4 is 14.9 Å². The van der Waals surface area contributed by atoms with Crippen LogP contribution in [-0.4, -0.2) is 18.9 Å². The normalized spacial score (nSPS) is 12.6. The lowest BCUT2D eigenvalue weighted by Gasteiger charge is -2.03. The minimum Gasteiger partial charge on any atom is -0.454 e. The maximum Gasteiger partial charge on any atom is 0.240 e. The van der Waals surface area contributed by atoms with Gasteiger partial charge in [0.25, 0.3) is 0 Å². The Kier molecular flexibility index (Phi) is 10.4. The number of hydrogen-bond acceptors (Lipinski definition) is 4. The third-order valence-electron chi connectivity index (χ3n) is 4.81. The first kappa shape index (κ1) is 21.3. The number of ether oxygens (including phenoxy) is 2. The molecule has 0 saturated carbocycles. The Morgan fingerprint density at radius 1 is 0.963 bits per heavy atom. The van der Waals surface area contributed by atoms with Crippen LogP contribution in [0.25, 0.3) is 0 Å². The van der Waals surface area contributed by atoms with E-state index < -0.39 is 0 Å². The summed E-state index contributed by atoms with van der Waals surface area (Å²) in [6.45, 7) is 2.51. The summed E-state index contributed by atoms with van der Waals surface area (Å²) in [5.41, 5.74) is 3.46. The van der Waals surface area contributed by atoms with Crippen LogP contribution in [0.2, 0.25) is 0 Å². The summed E-state index contributed by atoms with van der Waals surface area (Å²) in [6.07, 6.45) is 16.3. The summed E-state index contributed by atoms with van der Waals surface area (Å²) < 4.78 is 10.6. The van der Waals surface area contributed by atoms with Crippen molar-refractivity contribution < 1.29 is 14.3 Å². The van der Waals surface area contributed by atoms with Crippen molar-refractivity contribution in [3.63, 3.8) is 0 Å². The number of nitrogens with zero attached hydrogens (tertiary/aromatic N) is 1. The largest absolute Gasteiger partial charge is 0.454 e. The first-order valence-corrected chi connectivity index (χ1v) is 10.5. The number of hydrazone groups is 1. The number of hydrogen-bond donors (Lipinski definition) is 1. The Morgan fingerprint density at radius 2 is 1.59 bits per heavy atom. The zero-order valence-electron chi connectivity index (χ0n) is 16.7. The molecule has 0 spiro atoms. The summed E-state index contributed by atoms with van der Waals surface area (Å²) in [5.74, 6) is 1.43. The number of carbonyl (C=O) groups is 1. The fourth-order valence-electron chi connectivity index (χ4n) is 3.18. The lowest BCUT2D eigenvalue weighted by atomic mass is 10.1. The molecule has 2 rings (SSSR count). The number of amides is 1. The summed E-state index contributed by atoms with van der Waals surface area (Å²) in [5, 5.41) is 4.02. The van der Waals surface area contributed by atoms with Crippen LogP contribution in [0.4, 0.5) is 0 Å². The summed E-state index contributed by atoms with van der Waals surface area (Å²) in [7, 11) is 0. The van der Waals surface area contributed by atoms with Crippen molar-refractivity contribution in [2.45, 2.75) is 84.0 Å². The smallest absolute Gasteiger partial charge is 0.240 e. The highest BCUT2D eigenvalue weighted by Crippen LogP contribution is 2.31. The molecule has 1 amide bonds. The first-order chi connectivity index (χ1) is 13.3. The van der Waals surface area contributed by atoms with Crippen LogP contribution in [0, 0.1) is 0 Å². The number of carbonyl (C=O) groups excluding carboxylic acids is 1. The molecule has 1 heterocycles. The van der Waals surface area contributed by atoms with Crippen molar-refractivity contribution in [1.29, 1.82) is 0 Å². The maximum atomic E-state index is 11.8. The minimum absolute atomic E-state index is 0.0251. The molecule has 150 valence electrons. The van der Waals surface area contributed by atoms with Crippen molar-refractivity contribution in [2.75, 3.05) is 6.79 Å². The lowest BCUT2D eigenvalue weighted by Crippen LogP contribution is -2.16. The lowest BCUT2D eigenvalue weighted by molar-refractivity contribution is -0.121. The Morgan fingerprint density at radius 3 is 2.30 bits per heavy atom. The first-order valence-electron chi connectivity index (χ1n) is 10.5. The van der Waals surface area contributed by atoms with E-state index in [1.165, 1.54) is 57.8 Å². The second kappa shape index (κ2) is 13.2. The van der Waals surface area contributed by atoms with Crippen LogP contribution in [0.15, 0.2) is 23.3 Å². The second-order valence-electron chi connectivity index (χ2n) is 7.19. The topological polar surface area (TPSA) is 59.9 Å². The molecule has 5 heteroatoms. The van der Waals surface area contributed by atoms with Gasteiger partial charge in [-0.2, -0.15) is 5.10 Å². The Hall–Kier alpha value is -2.04. The van der Waals surface area contributed by atoms with E-state index in [1.54, 1.807) is 6.21 Å². The number of fused-ring (bicyclic) bond motifs is 1. The van der Waals surface area contributed by atoms with Crippen LogP contribution in [-0.2, 0) is 4.79 Å². The summed E-state index contributed by atoms with van der Waals surface area (Å²) in [6, 6.07) is 5.57. The maximum absolute atomic E-state index is 11.8. The van der Waals surface area contributed by atoms with E-state index in [-0.39, 0.29) is 12.7 Å². The van der Waals surface area contributed by atoms with Crippen LogP contribution in [0.1, 0.15) is 89.5 Å². The average molecular weight is 375 g/mol. The molecule has 5 nitrogen and oxygen atoms in total. The molecule has 1 aromatic rings. The highest BCUT2D eigenvalue weighted by Gasteiger charge is 2.12. The quantitative estimate of drug-likeness (QED) is 0.263. The summed E-state index contributed by atoms with van der Waals surface area (Å²) >= 11 is 0. The third-order valence-corrected chi connectivity index (χ3v) is 4.81. The van der Waals surface area contributed by atoms with Gasteiger partial charge in [-0.3, -0.25) is 4.79 Å². The highest BCUT2D eigenvalue weighted by atomic mass is 16.7. The van der Waals surface area contributed by atoms with Crippen molar-refractivity contribution >= 4 is 12.1 Å². The Balaban J connectivity index is 1.44. The number of rotatable bonds is 14. The van der Waals surface area contributed by atoms with Gasteiger partial charge in [0.15, 0.2) is 11.5 Å². The molecule has 1 aliphatic heterocycles. The van der Waals surface area contributed by atoms with E-state index in [0.717, 1.165) is 24.2 Å². The molecule has 0 bridgehead atoms. The minimum atomic E-state index is -0.0251. The van der Waals surface area contributed by atoms with Crippen LogP contribution in [0.5, 0.6) is 11.5 Å². The van der Waals surface area contributed by atoms with Gasteiger partial charge in [-0.15, -0.1) is 0 Å². The van der Waals surface area contributed by atoms with Crippen LogP contribution >= 0.6 is 0 Å². The number of unbranched alkanes of at least 4 members (excludes halogenated alkanes) is 10. The van der Waals surface area contributed by atoms with Crippen molar-refractivity contribution in [3.05, 3.63) is 23.8 Å². The fourth-order valence-corrected chi connectivity index (χ4v) is 3.18. The molecular weight excluding hydrogens is 340 g/mol. The van der Waals surface area contributed by atoms with Crippen LogP contribution in [0.3, 0.4) is 0 Å². The molecule has 0 aromatic heterocycles. The average Bonchev–Trinajstić information content (AvgIpc) is 3.14. The zero-order chi connectivity index (χ0) is 19.2. The predicted octanol–water partition coefficient (Wildman–Crippen LogP) is 5.57. The van der Waals surface area contributed by atoms with Gasteiger partial charge in [0, 0.05) is 6.42 Å². The van der Waals surface area contributed by atoms with Crippen molar-refractivity contribution in [2.24, 2.45) is 5.10 Å². The molecule has 27 heavy (non-hydrogen) atoms. The van der Waals surface area contributed by atoms with Gasteiger partial charge in [0.2, 0.25) is 12.7 Å². The molecule has 1 aliphatic rings. The second-order valence-corrected chi connectivity index (χ2v) is 7.19. The molecule has 1 aromatic carbocycles. The van der Waals surface area contributed by atoms with Gasteiger partial charge >= 0.3 is 0 Å². The predicted molar refractivity (Wildman–Crippen MR) is 109 cm³/mol. The van der Waals surface area contributed by atoms with Gasteiger partial charge in [-0.05, 0) is 30.2 Å². The third kappa shape index (κ3) is 8.94. The number of nitrogens with one attached hydrogen (secondary N) is 1. The fraction of sp³-hybridized carbons (Fsp3) is 0.636. The molecule has 0 unspecified atom stereocenters. The monoisotopic (exact) mass is 374 g/mol. The van der Waals surface area contributed by atoms with Gasteiger partial charge < -0.3 is 9.47 Å². The molecule has 0 saturated heterocycles. The van der Waals surface area contributed by atoms with Gasteiger partial charge in [0.05, 0.1) is 6.21 Å². The molecule has 0 atom stereocenters. The SMILES string of the molecule is CCCCCCCCCCCCCC(=O)N/N=C/c1ccc2c(c1)OCO2. The van der Waals surface area contributed by atoms with Gasteiger partial charge in [-0.1, -0.05) is 71.1 Å². The van der Waals surface area contributed by atoms with E-state index in [0.29, 0.717) is 12.2 Å². The number of benzene rings is 1. The standard InChI is InChI=1S/C22H34N2O3/c1-2-3-4-5-6-7-8-9-10-11-12-13-22(25)24-23-17-19-14-15-20-21(16-19)27-18-26-20/h14-17H,2-13,18H2,1H3,(H,24,25)/b23-17+. The summed E-state index contributed by atoms with van der Waals surface area (Å²) in [4.78, 5) is 11.8. The van der Waals surface area contributed by atoms with E-state index in [2.05, 4.69) is 17.5 Å². The molecule has 0 fully saturated rings. The molecule has 0 aliphatic carbocycles. The highest BCUT2D eigenvalue weighted by molar-refractivity contribution is 5.83.